The van der Waals surface area contributed by atoms with Crippen molar-refractivity contribution in [3.63, 3.8) is 0 Å². The molecule has 2 aromatic rings. The third-order valence-electron chi connectivity index (χ3n) is 2.57. The molecule has 0 bridgehead atoms. The van der Waals surface area contributed by atoms with Gasteiger partial charge in [0.15, 0.2) is 5.82 Å². The van der Waals surface area contributed by atoms with Gasteiger partial charge >= 0.3 is 0 Å². The molecule has 6 heteroatoms. The Hall–Kier alpha value is -1.69. The Balaban J connectivity index is 2.50. The second-order valence-corrected chi connectivity index (χ2v) is 3.92. The normalized spacial score (nSPS) is 13.1. The van der Waals surface area contributed by atoms with Crippen LogP contribution in [0.2, 0.25) is 0 Å². The highest BCUT2D eigenvalue weighted by atomic mass is 16.5. The van der Waals surface area contributed by atoms with E-state index < -0.39 is 0 Å². The minimum atomic E-state index is -0.227. The molecule has 0 spiro atoms. The number of hydrogen-bond acceptors (Lipinski definition) is 5. The highest BCUT2D eigenvalue weighted by Crippen LogP contribution is 2.25. The fourth-order valence-electron chi connectivity index (χ4n) is 1.60. The van der Waals surface area contributed by atoms with Crippen molar-refractivity contribution in [3.8, 4) is 11.5 Å². The van der Waals surface area contributed by atoms with Crippen LogP contribution in [-0.4, -0.2) is 19.9 Å². The van der Waals surface area contributed by atoms with Crippen LogP contribution in [0.3, 0.4) is 0 Å². The standard InChI is InChI=1S/C10H15N5O/c1-5(11)9-12-10(16-14-9)8-6(2)13-15(4)7(8)3/h5H,11H2,1-4H3. The Morgan fingerprint density at radius 1 is 1.38 bits per heavy atom. The third-order valence-corrected chi connectivity index (χ3v) is 2.57. The molecule has 0 aromatic carbocycles. The molecule has 1 atom stereocenters. The zero-order chi connectivity index (χ0) is 11.9. The van der Waals surface area contributed by atoms with Crippen molar-refractivity contribution in [2.45, 2.75) is 26.8 Å². The SMILES string of the molecule is Cc1nn(C)c(C)c1-c1nc(C(C)N)no1. The van der Waals surface area contributed by atoms with Crippen LogP contribution in [0, 0.1) is 13.8 Å². The molecular weight excluding hydrogens is 206 g/mol. The van der Waals surface area contributed by atoms with Crippen molar-refractivity contribution >= 4 is 0 Å². The Morgan fingerprint density at radius 2 is 2.06 bits per heavy atom. The molecule has 1 unspecified atom stereocenters. The molecule has 0 aliphatic rings. The van der Waals surface area contributed by atoms with Gasteiger partial charge in [-0.15, -0.1) is 0 Å². The highest BCUT2D eigenvalue weighted by molar-refractivity contribution is 5.59. The lowest BCUT2D eigenvalue weighted by molar-refractivity contribution is 0.418. The molecule has 6 nitrogen and oxygen atoms in total. The van der Waals surface area contributed by atoms with Gasteiger partial charge in [0.05, 0.1) is 17.3 Å². The van der Waals surface area contributed by atoms with Gasteiger partial charge in [0.1, 0.15) is 0 Å². The molecule has 0 aliphatic heterocycles. The summed E-state index contributed by atoms with van der Waals surface area (Å²) >= 11 is 0. The molecule has 86 valence electrons. The van der Waals surface area contributed by atoms with Crippen LogP contribution in [0.1, 0.15) is 30.2 Å². The second-order valence-electron chi connectivity index (χ2n) is 3.92. The summed E-state index contributed by atoms with van der Waals surface area (Å²) in [4.78, 5) is 4.26. The van der Waals surface area contributed by atoms with Gasteiger partial charge in [-0.25, -0.2) is 0 Å². The molecule has 0 amide bonds. The fraction of sp³-hybridized carbons (Fsp3) is 0.500. The van der Waals surface area contributed by atoms with E-state index in [2.05, 4.69) is 15.2 Å². The number of nitrogens with zero attached hydrogens (tertiary/aromatic N) is 4. The number of aromatic nitrogens is 4. The van der Waals surface area contributed by atoms with Gasteiger partial charge in [0.25, 0.3) is 5.89 Å². The second kappa shape index (κ2) is 3.71. The van der Waals surface area contributed by atoms with Crippen molar-refractivity contribution in [1.29, 1.82) is 0 Å². The zero-order valence-corrected chi connectivity index (χ0v) is 9.85. The summed E-state index contributed by atoms with van der Waals surface area (Å²) in [5.41, 5.74) is 8.44. The van der Waals surface area contributed by atoms with Crippen molar-refractivity contribution < 1.29 is 4.52 Å². The molecule has 0 aliphatic carbocycles. The Kier molecular flexibility index (Phi) is 2.51. The summed E-state index contributed by atoms with van der Waals surface area (Å²) in [7, 11) is 1.88. The average molecular weight is 221 g/mol. The lowest BCUT2D eigenvalue weighted by Crippen LogP contribution is -2.06. The molecule has 2 aromatic heterocycles. The maximum Gasteiger partial charge on any atom is 0.261 e. The molecule has 2 N–H and O–H groups in total. The Morgan fingerprint density at radius 3 is 2.50 bits per heavy atom. The summed E-state index contributed by atoms with van der Waals surface area (Å²) < 4.78 is 6.98. The lowest BCUT2D eigenvalue weighted by Gasteiger charge is -1.95. The van der Waals surface area contributed by atoms with Gasteiger partial charge in [-0.2, -0.15) is 10.1 Å². The van der Waals surface area contributed by atoms with E-state index in [9.17, 15) is 0 Å². The monoisotopic (exact) mass is 221 g/mol. The van der Waals surface area contributed by atoms with Crippen LogP contribution in [0.4, 0.5) is 0 Å². The van der Waals surface area contributed by atoms with Gasteiger partial charge in [0, 0.05) is 12.7 Å². The van der Waals surface area contributed by atoms with Crippen LogP contribution in [0.5, 0.6) is 0 Å². The summed E-state index contributed by atoms with van der Waals surface area (Å²) in [6.07, 6.45) is 0. The quantitative estimate of drug-likeness (QED) is 0.821. The van der Waals surface area contributed by atoms with E-state index in [1.165, 1.54) is 0 Å². The molecule has 2 rings (SSSR count). The van der Waals surface area contributed by atoms with E-state index in [4.69, 9.17) is 10.3 Å². The summed E-state index contributed by atoms with van der Waals surface area (Å²) in [5, 5.41) is 8.13. The van der Waals surface area contributed by atoms with Crippen molar-refractivity contribution in [2.75, 3.05) is 0 Å². The average Bonchev–Trinajstić information content (AvgIpc) is 2.74. The number of hydrogen-bond donors (Lipinski definition) is 1. The van der Waals surface area contributed by atoms with Crippen molar-refractivity contribution in [2.24, 2.45) is 12.8 Å². The first-order valence-corrected chi connectivity index (χ1v) is 5.10. The topological polar surface area (TPSA) is 82.8 Å². The van der Waals surface area contributed by atoms with Crippen molar-refractivity contribution in [3.05, 3.63) is 17.2 Å². The maximum atomic E-state index is 5.68. The smallest absolute Gasteiger partial charge is 0.261 e. The van der Waals surface area contributed by atoms with E-state index >= 15 is 0 Å². The molecule has 16 heavy (non-hydrogen) atoms. The first-order chi connectivity index (χ1) is 7.50. The van der Waals surface area contributed by atoms with Gasteiger partial charge in [0.2, 0.25) is 0 Å². The van der Waals surface area contributed by atoms with E-state index in [1.54, 1.807) is 4.68 Å². The molecular formula is C10H15N5O. The first-order valence-electron chi connectivity index (χ1n) is 5.10. The van der Waals surface area contributed by atoms with Crippen molar-refractivity contribution in [1.82, 2.24) is 19.9 Å². The first kappa shape index (κ1) is 10.8. The summed E-state index contributed by atoms with van der Waals surface area (Å²) in [5.74, 6) is 0.994. The minimum absolute atomic E-state index is 0.227. The van der Waals surface area contributed by atoms with E-state index in [1.807, 2.05) is 27.8 Å². The maximum absolute atomic E-state index is 5.68. The Bertz CT molecular complexity index is 511. The third kappa shape index (κ3) is 1.61. The van der Waals surface area contributed by atoms with Crippen LogP contribution in [0.25, 0.3) is 11.5 Å². The van der Waals surface area contributed by atoms with E-state index in [-0.39, 0.29) is 6.04 Å². The van der Waals surface area contributed by atoms with Crippen LogP contribution >= 0.6 is 0 Å². The van der Waals surface area contributed by atoms with Gasteiger partial charge in [-0.3, -0.25) is 4.68 Å². The van der Waals surface area contributed by atoms with Crippen LogP contribution < -0.4 is 5.73 Å². The van der Waals surface area contributed by atoms with E-state index in [0.717, 1.165) is 17.0 Å². The van der Waals surface area contributed by atoms with Gasteiger partial charge in [-0.05, 0) is 20.8 Å². The van der Waals surface area contributed by atoms with Crippen LogP contribution in [0.15, 0.2) is 4.52 Å². The minimum Gasteiger partial charge on any atom is -0.334 e. The fourth-order valence-corrected chi connectivity index (χ4v) is 1.60. The molecule has 2 heterocycles. The zero-order valence-electron chi connectivity index (χ0n) is 9.85. The predicted octanol–water partition coefficient (Wildman–Crippen LogP) is 1.11. The lowest BCUT2D eigenvalue weighted by atomic mass is 10.2. The summed E-state index contributed by atoms with van der Waals surface area (Å²) in [6.45, 7) is 5.70. The van der Waals surface area contributed by atoms with Gasteiger partial charge in [-0.1, -0.05) is 5.16 Å². The summed E-state index contributed by atoms with van der Waals surface area (Å²) in [6, 6.07) is -0.227. The molecule has 0 fully saturated rings. The molecule has 0 radical (unpaired) electrons. The predicted molar refractivity (Wildman–Crippen MR) is 58.6 cm³/mol. The van der Waals surface area contributed by atoms with Gasteiger partial charge < -0.3 is 10.3 Å². The highest BCUT2D eigenvalue weighted by Gasteiger charge is 2.18. The molecule has 0 saturated heterocycles. The molecule has 0 saturated carbocycles. The number of nitrogens with two attached hydrogens (primary N) is 1. The number of rotatable bonds is 2. The Labute approximate surface area is 93.4 Å². The largest absolute Gasteiger partial charge is 0.334 e. The number of aryl methyl sites for hydroxylation is 2. The van der Waals surface area contributed by atoms with Crippen LogP contribution in [-0.2, 0) is 7.05 Å². The van der Waals surface area contributed by atoms with E-state index in [0.29, 0.717) is 11.7 Å².